The number of benzene rings is 2. The van der Waals surface area contributed by atoms with Crippen molar-refractivity contribution in [3.8, 4) is 29.1 Å². The molecule has 0 aliphatic carbocycles. The van der Waals surface area contributed by atoms with Crippen molar-refractivity contribution in [3.05, 3.63) is 46.5 Å². The van der Waals surface area contributed by atoms with E-state index in [0.717, 1.165) is 78.5 Å². The lowest BCUT2D eigenvalue weighted by Gasteiger charge is -2.21. The van der Waals surface area contributed by atoms with Crippen LogP contribution in [-0.4, -0.2) is 41.5 Å². The predicted octanol–water partition coefficient (Wildman–Crippen LogP) is 5.07. The van der Waals surface area contributed by atoms with E-state index in [-0.39, 0.29) is 5.92 Å². The summed E-state index contributed by atoms with van der Waals surface area (Å²) in [7, 11) is 6.66. The van der Waals surface area contributed by atoms with Crippen molar-refractivity contribution in [3.63, 3.8) is 0 Å². The van der Waals surface area contributed by atoms with Gasteiger partial charge < -0.3 is 24.3 Å². The number of aryl methyl sites for hydroxylation is 2. The molecule has 0 saturated heterocycles. The van der Waals surface area contributed by atoms with Crippen LogP contribution in [0.15, 0.2) is 24.3 Å². The van der Waals surface area contributed by atoms with Gasteiger partial charge in [-0.3, -0.25) is 0 Å². The lowest BCUT2D eigenvalue weighted by molar-refractivity contribution is 0.346. The van der Waals surface area contributed by atoms with Gasteiger partial charge in [0.2, 0.25) is 0 Å². The van der Waals surface area contributed by atoms with Crippen LogP contribution in [0.1, 0.15) is 54.9 Å². The predicted molar refractivity (Wildman–Crippen MR) is 132 cm³/mol. The summed E-state index contributed by atoms with van der Waals surface area (Å²) >= 11 is 0. The van der Waals surface area contributed by atoms with Crippen molar-refractivity contribution in [1.82, 2.24) is 5.32 Å². The van der Waals surface area contributed by atoms with Gasteiger partial charge in [0.25, 0.3) is 0 Å². The highest BCUT2D eigenvalue weighted by atomic mass is 16.5. The highest BCUT2D eigenvalue weighted by Crippen LogP contribution is 2.41. The minimum Gasteiger partial charge on any atom is -0.493 e. The molecular formula is C27H38N2O4. The number of ether oxygens (including phenoxy) is 4. The fourth-order valence-corrected chi connectivity index (χ4v) is 4.23. The molecule has 0 amide bonds. The molecule has 0 unspecified atom stereocenters. The average Bonchev–Trinajstić information content (AvgIpc) is 2.82. The van der Waals surface area contributed by atoms with Crippen LogP contribution in [0.4, 0.5) is 0 Å². The molecule has 0 fully saturated rings. The normalized spacial score (nSPS) is 10.7. The maximum absolute atomic E-state index is 9.30. The van der Waals surface area contributed by atoms with E-state index in [0.29, 0.717) is 6.42 Å². The van der Waals surface area contributed by atoms with Gasteiger partial charge in [-0.05, 0) is 73.5 Å². The molecule has 2 aromatic carbocycles. The lowest BCUT2D eigenvalue weighted by Crippen LogP contribution is -2.18. The molecule has 0 bridgehead atoms. The number of methoxy groups -OCH3 is 4. The summed E-state index contributed by atoms with van der Waals surface area (Å²) in [5.74, 6) is 3.32. The number of nitrogens with zero attached hydrogens (tertiary/aromatic N) is 1. The van der Waals surface area contributed by atoms with Gasteiger partial charge in [-0.15, -0.1) is 0 Å². The van der Waals surface area contributed by atoms with Crippen LogP contribution in [0.3, 0.4) is 0 Å². The van der Waals surface area contributed by atoms with E-state index in [1.54, 1.807) is 28.4 Å². The van der Waals surface area contributed by atoms with Crippen LogP contribution >= 0.6 is 0 Å². The van der Waals surface area contributed by atoms with E-state index in [9.17, 15) is 5.26 Å². The van der Waals surface area contributed by atoms with Gasteiger partial charge in [-0.25, -0.2) is 0 Å². The Morgan fingerprint density at radius 1 is 0.818 bits per heavy atom. The van der Waals surface area contributed by atoms with Crippen LogP contribution in [-0.2, 0) is 19.3 Å². The Bertz CT molecular complexity index is 935. The van der Waals surface area contributed by atoms with Crippen molar-refractivity contribution >= 4 is 0 Å². The molecule has 0 heterocycles. The molecule has 6 nitrogen and oxygen atoms in total. The Hall–Kier alpha value is -2.91. The first kappa shape index (κ1) is 26.3. The maximum Gasteiger partial charge on any atom is 0.164 e. The van der Waals surface area contributed by atoms with E-state index < -0.39 is 0 Å². The summed E-state index contributed by atoms with van der Waals surface area (Å²) in [6, 6.07) is 10.5. The SMILES string of the molecule is COc1ccc(CCCNCCCc2cc(CC#N)c(C(C)C)c(OC)c2OC)cc1OC. The van der Waals surface area contributed by atoms with E-state index in [1.807, 2.05) is 12.1 Å². The smallest absolute Gasteiger partial charge is 0.164 e. The van der Waals surface area contributed by atoms with Crippen molar-refractivity contribution < 1.29 is 18.9 Å². The van der Waals surface area contributed by atoms with Crippen LogP contribution in [0, 0.1) is 11.3 Å². The van der Waals surface area contributed by atoms with E-state index >= 15 is 0 Å². The molecule has 33 heavy (non-hydrogen) atoms. The molecular weight excluding hydrogens is 416 g/mol. The average molecular weight is 455 g/mol. The van der Waals surface area contributed by atoms with Gasteiger partial charge in [0.05, 0.1) is 40.9 Å². The number of nitriles is 1. The minimum atomic E-state index is 0.249. The highest BCUT2D eigenvalue weighted by Gasteiger charge is 2.21. The van der Waals surface area contributed by atoms with Gasteiger partial charge in [-0.2, -0.15) is 5.26 Å². The topological polar surface area (TPSA) is 72.7 Å². The summed E-state index contributed by atoms with van der Waals surface area (Å²) in [6.45, 7) is 6.09. The van der Waals surface area contributed by atoms with E-state index in [2.05, 4.69) is 37.4 Å². The summed E-state index contributed by atoms with van der Waals surface area (Å²) in [5, 5.41) is 12.8. The molecule has 6 heteroatoms. The molecule has 0 aliphatic heterocycles. The fourth-order valence-electron chi connectivity index (χ4n) is 4.23. The first-order valence-electron chi connectivity index (χ1n) is 11.6. The van der Waals surface area contributed by atoms with Crippen LogP contribution in [0.5, 0.6) is 23.0 Å². The molecule has 0 aromatic heterocycles. The summed E-state index contributed by atoms with van der Waals surface area (Å²) in [6.07, 6.45) is 4.23. The fraction of sp³-hybridized carbons (Fsp3) is 0.519. The molecule has 180 valence electrons. The van der Waals surface area contributed by atoms with Crippen molar-refractivity contribution in [2.45, 2.75) is 51.9 Å². The molecule has 0 spiro atoms. The third kappa shape index (κ3) is 7.03. The van der Waals surface area contributed by atoms with E-state index in [1.165, 1.54) is 5.56 Å². The van der Waals surface area contributed by atoms with Crippen molar-refractivity contribution in [2.75, 3.05) is 41.5 Å². The Balaban J connectivity index is 1.90. The quantitative estimate of drug-likeness (QED) is 0.402. The molecule has 0 saturated carbocycles. The number of rotatable bonds is 14. The second kappa shape index (κ2) is 13.6. The standard InChI is InChI=1S/C27H38N2O4/c1-19(2)25-21(13-14-28)18-22(26(32-5)27(25)33-6)10-8-16-29-15-7-9-20-11-12-23(30-3)24(17-20)31-4/h11-12,17-19,29H,7-10,13,15-16H2,1-6H3. The summed E-state index contributed by atoms with van der Waals surface area (Å²) in [4.78, 5) is 0. The van der Waals surface area contributed by atoms with Gasteiger partial charge in [-0.1, -0.05) is 26.0 Å². The second-order valence-corrected chi connectivity index (χ2v) is 8.31. The molecule has 2 rings (SSSR count). The molecule has 2 aromatic rings. The van der Waals surface area contributed by atoms with Crippen molar-refractivity contribution in [1.29, 1.82) is 5.26 Å². The molecule has 0 radical (unpaired) electrons. The zero-order valence-electron chi connectivity index (χ0n) is 20.9. The third-order valence-corrected chi connectivity index (χ3v) is 5.76. The van der Waals surface area contributed by atoms with Gasteiger partial charge in [0.1, 0.15) is 0 Å². The van der Waals surface area contributed by atoms with Crippen LogP contribution in [0.2, 0.25) is 0 Å². The number of hydrogen-bond donors (Lipinski definition) is 1. The highest BCUT2D eigenvalue weighted by molar-refractivity contribution is 5.57. The van der Waals surface area contributed by atoms with Gasteiger partial charge in [0.15, 0.2) is 23.0 Å². The Kier molecular flexibility index (Phi) is 10.9. The minimum absolute atomic E-state index is 0.249. The summed E-state index contributed by atoms with van der Waals surface area (Å²) < 4.78 is 22.1. The van der Waals surface area contributed by atoms with Gasteiger partial charge >= 0.3 is 0 Å². The molecule has 0 atom stereocenters. The Morgan fingerprint density at radius 3 is 2.06 bits per heavy atom. The molecule has 0 aliphatic rings. The van der Waals surface area contributed by atoms with Gasteiger partial charge in [0, 0.05) is 5.56 Å². The Morgan fingerprint density at radius 2 is 1.48 bits per heavy atom. The van der Waals surface area contributed by atoms with Crippen LogP contribution < -0.4 is 24.3 Å². The monoisotopic (exact) mass is 454 g/mol. The van der Waals surface area contributed by atoms with E-state index in [4.69, 9.17) is 18.9 Å². The molecule has 1 N–H and O–H groups in total. The summed E-state index contributed by atoms with van der Waals surface area (Å²) in [5.41, 5.74) is 4.42. The second-order valence-electron chi connectivity index (χ2n) is 8.31. The zero-order chi connectivity index (χ0) is 24.2. The maximum atomic E-state index is 9.30. The van der Waals surface area contributed by atoms with Crippen molar-refractivity contribution in [2.24, 2.45) is 0 Å². The largest absolute Gasteiger partial charge is 0.493 e. The lowest BCUT2D eigenvalue weighted by atomic mass is 9.90. The first-order valence-corrected chi connectivity index (χ1v) is 11.6. The third-order valence-electron chi connectivity index (χ3n) is 5.76. The number of nitrogens with one attached hydrogen (secondary N) is 1. The Labute approximate surface area is 198 Å². The zero-order valence-corrected chi connectivity index (χ0v) is 20.9. The first-order chi connectivity index (χ1) is 16.0. The van der Waals surface area contributed by atoms with Crippen LogP contribution in [0.25, 0.3) is 0 Å². The number of hydrogen-bond acceptors (Lipinski definition) is 6.